The van der Waals surface area contributed by atoms with Crippen molar-refractivity contribution >= 4 is 17.5 Å². The Bertz CT molecular complexity index is 514. The maximum Gasteiger partial charge on any atom is 0.337 e. The summed E-state index contributed by atoms with van der Waals surface area (Å²) in [4.78, 5) is 24.9. The number of nitro groups is 1. The summed E-state index contributed by atoms with van der Waals surface area (Å²) in [7, 11) is 0. The van der Waals surface area contributed by atoms with Crippen LogP contribution in [0.15, 0.2) is 12.3 Å². The summed E-state index contributed by atoms with van der Waals surface area (Å²) in [5.41, 5.74) is -0.543. The Labute approximate surface area is 114 Å². The van der Waals surface area contributed by atoms with Crippen molar-refractivity contribution in [3.8, 4) is 0 Å². The van der Waals surface area contributed by atoms with E-state index in [1.165, 1.54) is 0 Å². The van der Waals surface area contributed by atoms with Crippen molar-refractivity contribution in [3.63, 3.8) is 0 Å². The first-order chi connectivity index (χ1) is 9.58. The number of anilines is 1. The summed E-state index contributed by atoms with van der Waals surface area (Å²) in [5, 5.41) is 22.6. The fourth-order valence-corrected chi connectivity index (χ4v) is 2.07. The lowest BCUT2D eigenvalue weighted by Crippen LogP contribution is -2.14. The Morgan fingerprint density at radius 2 is 2.45 bits per heavy atom. The number of aromatic carboxylic acids is 1. The lowest BCUT2D eigenvalue weighted by Gasteiger charge is -2.10. The molecule has 1 aliphatic heterocycles. The maximum atomic E-state index is 10.9. The van der Waals surface area contributed by atoms with Crippen molar-refractivity contribution in [3.05, 3.63) is 27.9 Å². The van der Waals surface area contributed by atoms with Crippen molar-refractivity contribution in [1.29, 1.82) is 0 Å². The summed E-state index contributed by atoms with van der Waals surface area (Å²) in [6.45, 7) is 1.25. The lowest BCUT2D eigenvalue weighted by atomic mass is 10.2. The fraction of sp³-hybridized carbons (Fsp3) is 0.500. The molecular formula is C12H15N3O5. The molecule has 0 aromatic carbocycles. The van der Waals surface area contributed by atoms with Gasteiger partial charge >= 0.3 is 11.7 Å². The van der Waals surface area contributed by atoms with Gasteiger partial charge in [-0.25, -0.2) is 9.78 Å². The molecule has 1 fully saturated rings. The molecular weight excluding hydrogens is 266 g/mol. The van der Waals surface area contributed by atoms with Crippen LogP contribution in [0.5, 0.6) is 0 Å². The highest BCUT2D eigenvalue weighted by molar-refractivity contribution is 5.88. The summed E-state index contributed by atoms with van der Waals surface area (Å²) >= 11 is 0. The van der Waals surface area contributed by atoms with E-state index in [-0.39, 0.29) is 23.2 Å². The maximum absolute atomic E-state index is 10.9. The Morgan fingerprint density at radius 3 is 3.05 bits per heavy atom. The molecule has 1 aromatic rings. The minimum absolute atomic E-state index is 0.0815. The van der Waals surface area contributed by atoms with Gasteiger partial charge in [-0.15, -0.1) is 0 Å². The molecule has 0 aliphatic carbocycles. The van der Waals surface area contributed by atoms with Gasteiger partial charge in [-0.05, 0) is 19.3 Å². The molecule has 2 rings (SSSR count). The van der Waals surface area contributed by atoms with Crippen molar-refractivity contribution in [2.75, 3.05) is 18.5 Å². The van der Waals surface area contributed by atoms with Crippen LogP contribution in [0.1, 0.15) is 29.6 Å². The molecule has 2 heterocycles. The van der Waals surface area contributed by atoms with E-state index in [0.717, 1.165) is 38.1 Å². The van der Waals surface area contributed by atoms with Crippen LogP contribution < -0.4 is 5.32 Å². The fourth-order valence-electron chi connectivity index (χ4n) is 2.07. The first-order valence-corrected chi connectivity index (χ1v) is 6.31. The second kappa shape index (κ2) is 6.29. The highest BCUT2D eigenvalue weighted by atomic mass is 16.6. The van der Waals surface area contributed by atoms with E-state index < -0.39 is 10.9 Å². The number of carboxylic acid groups (broad SMARTS) is 1. The smallest absolute Gasteiger partial charge is 0.337 e. The second-order valence-corrected chi connectivity index (χ2v) is 4.50. The molecule has 1 saturated heterocycles. The number of ether oxygens (including phenoxy) is 1. The van der Waals surface area contributed by atoms with Crippen LogP contribution in [-0.2, 0) is 4.74 Å². The zero-order valence-corrected chi connectivity index (χ0v) is 10.7. The van der Waals surface area contributed by atoms with E-state index in [1.54, 1.807) is 0 Å². The van der Waals surface area contributed by atoms with Gasteiger partial charge in [-0.2, -0.15) is 0 Å². The van der Waals surface area contributed by atoms with Crippen LogP contribution in [0, 0.1) is 10.1 Å². The van der Waals surface area contributed by atoms with Gasteiger partial charge in [-0.1, -0.05) is 0 Å². The quantitative estimate of drug-likeness (QED) is 0.602. The molecule has 20 heavy (non-hydrogen) atoms. The number of pyridine rings is 1. The van der Waals surface area contributed by atoms with Crippen molar-refractivity contribution in [1.82, 2.24) is 4.98 Å². The third-order valence-electron chi connectivity index (χ3n) is 3.09. The SMILES string of the molecule is O=C(O)c1cnc(NCCC2CCCO2)c([N+](=O)[O-])c1. The van der Waals surface area contributed by atoms with Gasteiger partial charge in [0.1, 0.15) is 0 Å². The number of aromatic nitrogens is 1. The standard InChI is InChI=1S/C12H15N3O5/c16-12(17)8-6-10(15(18)19)11(14-7-8)13-4-3-9-2-1-5-20-9/h6-7,9H,1-5H2,(H,13,14)(H,16,17). The number of hydrogen-bond donors (Lipinski definition) is 2. The van der Waals surface area contributed by atoms with E-state index >= 15 is 0 Å². The van der Waals surface area contributed by atoms with Crippen LogP contribution >= 0.6 is 0 Å². The number of carboxylic acids is 1. The largest absolute Gasteiger partial charge is 0.478 e. The van der Waals surface area contributed by atoms with Gasteiger partial charge in [0.15, 0.2) is 0 Å². The van der Waals surface area contributed by atoms with Crippen LogP contribution in [0.2, 0.25) is 0 Å². The summed E-state index contributed by atoms with van der Waals surface area (Å²) in [6.07, 6.45) is 4.05. The van der Waals surface area contributed by atoms with Gasteiger partial charge in [-0.3, -0.25) is 10.1 Å². The van der Waals surface area contributed by atoms with Gasteiger partial charge in [0.05, 0.1) is 16.6 Å². The van der Waals surface area contributed by atoms with Gasteiger partial charge in [0.25, 0.3) is 0 Å². The Kier molecular flexibility index (Phi) is 4.46. The molecule has 8 nitrogen and oxygen atoms in total. The highest BCUT2D eigenvalue weighted by Gasteiger charge is 2.20. The van der Waals surface area contributed by atoms with Crippen LogP contribution in [0.25, 0.3) is 0 Å². The average Bonchev–Trinajstić information content (AvgIpc) is 2.91. The lowest BCUT2D eigenvalue weighted by molar-refractivity contribution is -0.384. The van der Waals surface area contributed by atoms with E-state index in [0.29, 0.717) is 6.54 Å². The van der Waals surface area contributed by atoms with Gasteiger partial charge < -0.3 is 15.2 Å². The predicted octanol–water partition coefficient (Wildman–Crippen LogP) is 1.67. The molecule has 0 saturated carbocycles. The zero-order chi connectivity index (χ0) is 14.5. The highest BCUT2D eigenvalue weighted by Crippen LogP contribution is 2.23. The number of rotatable bonds is 6. The van der Waals surface area contributed by atoms with Crippen molar-refractivity contribution in [2.45, 2.75) is 25.4 Å². The Hall–Kier alpha value is -2.22. The molecule has 8 heteroatoms. The third-order valence-corrected chi connectivity index (χ3v) is 3.09. The van der Waals surface area contributed by atoms with Gasteiger partial charge in [0.2, 0.25) is 5.82 Å². The minimum atomic E-state index is -1.24. The number of hydrogen-bond acceptors (Lipinski definition) is 6. The second-order valence-electron chi connectivity index (χ2n) is 4.50. The summed E-state index contributed by atoms with van der Waals surface area (Å²) < 4.78 is 5.45. The van der Waals surface area contributed by atoms with Crippen molar-refractivity contribution in [2.24, 2.45) is 0 Å². The molecule has 1 atom stereocenters. The molecule has 2 N–H and O–H groups in total. The van der Waals surface area contributed by atoms with Crippen LogP contribution in [-0.4, -0.2) is 40.2 Å². The Balaban J connectivity index is 2.02. The summed E-state index contributed by atoms with van der Waals surface area (Å²) in [5.74, 6) is -1.16. The third kappa shape index (κ3) is 3.41. The molecule has 0 amide bonds. The summed E-state index contributed by atoms with van der Waals surface area (Å²) in [6, 6.07) is 1.00. The topological polar surface area (TPSA) is 115 Å². The van der Waals surface area contributed by atoms with E-state index in [4.69, 9.17) is 9.84 Å². The van der Waals surface area contributed by atoms with E-state index in [1.807, 2.05) is 0 Å². The molecule has 1 unspecified atom stereocenters. The monoisotopic (exact) mass is 281 g/mol. The zero-order valence-electron chi connectivity index (χ0n) is 10.7. The molecule has 0 radical (unpaired) electrons. The molecule has 0 spiro atoms. The Morgan fingerprint density at radius 1 is 1.65 bits per heavy atom. The van der Waals surface area contributed by atoms with Crippen LogP contribution in [0.4, 0.5) is 11.5 Å². The molecule has 108 valence electrons. The van der Waals surface area contributed by atoms with Crippen molar-refractivity contribution < 1.29 is 19.6 Å². The first-order valence-electron chi connectivity index (χ1n) is 6.31. The normalized spacial score (nSPS) is 17.9. The van der Waals surface area contributed by atoms with E-state index in [9.17, 15) is 14.9 Å². The molecule has 0 bridgehead atoms. The molecule has 1 aliphatic rings. The van der Waals surface area contributed by atoms with Crippen LogP contribution in [0.3, 0.4) is 0 Å². The minimum Gasteiger partial charge on any atom is -0.478 e. The van der Waals surface area contributed by atoms with Gasteiger partial charge in [0, 0.05) is 25.4 Å². The average molecular weight is 281 g/mol. The number of carbonyl (C=O) groups is 1. The first kappa shape index (κ1) is 14.2. The van der Waals surface area contributed by atoms with E-state index in [2.05, 4.69) is 10.3 Å². The molecule has 1 aromatic heterocycles. The number of nitrogens with one attached hydrogen (secondary N) is 1. The predicted molar refractivity (Wildman–Crippen MR) is 69.9 cm³/mol. The number of nitrogens with zero attached hydrogens (tertiary/aromatic N) is 2.